The molecule has 7 nitrogen and oxygen atoms in total. The molecule has 0 unspecified atom stereocenters. The van der Waals surface area contributed by atoms with Crippen LogP contribution >= 0.6 is 0 Å². The van der Waals surface area contributed by atoms with Crippen molar-refractivity contribution >= 4 is 11.8 Å². The van der Waals surface area contributed by atoms with E-state index in [-0.39, 0.29) is 24.4 Å². The maximum Gasteiger partial charge on any atom is 0.251 e. The molecule has 7 heteroatoms. The summed E-state index contributed by atoms with van der Waals surface area (Å²) in [6.07, 6.45) is 0.611. The van der Waals surface area contributed by atoms with Crippen LogP contribution in [0.15, 0.2) is 59.1 Å². The Bertz CT molecular complexity index is 936. The van der Waals surface area contributed by atoms with Gasteiger partial charge in [0.05, 0.1) is 12.6 Å². The summed E-state index contributed by atoms with van der Waals surface area (Å²) in [5, 5.41) is 9.25. The fraction of sp³-hybridized carbons (Fsp3) is 0.238. The van der Waals surface area contributed by atoms with Crippen molar-refractivity contribution in [3.63, 3.8) is 0 Å². The van der Waals surface area contributed by atoms with Crippen molar-refractivity contribution in [1.29, 1.82) is 0 Å². The monoisotopic (exact) mass is 378 g/mol. The quantitative estimate of drug-likeness (QED) is 0.659. The molecular formula is C21H22N4O3. The molecule has 0 fully saturated rings. The second-order valence-corrected chi connectivity index (χ2v) is 6.33. The van der Waals surface area contributed by atoms with E-state index in [4.69, 9.17) is 4.52 Å². The van der Waals surface area contributed by atoms with Crippen LogP contribution in [0.3, 0.4) is 0 Å². The number of nitrogens with zero attached hydrogens (tertiary/aromatic N) is 2. The summed E-state index contributed by atoms with van der Waals surface area (Å²) in [5.74, 6) is 0.243. The average molecular weight is 378 g/mol. The number of benzene rings is 2. The first-order valence-corrected chi connectivity index (χ1v) is 9.10. The molecule has 0 radical (unpaired) electrons. The third kappa shape index (κ3) is 4.82. The number of aromatic nitrogens is 2. The van der Waals surface area contributed by atoms with Crippen molar-refractivity contribution in [2.45, 2.75) is 26.3 Å². The number of carbonyl (C=O) groups is 2. The van der Waals surface area contributed by atoms with E-state index in [0.717, 1.165) is 11.1 Å². The van der Waals surface area contributed by atoms with Crippen LogP contribution in [0.1, 0.15) is 41.5 Å². The molecule has 28 heavy (non-hydrogen) atoms. The standard InChI is InChI=1S/C21H22N4O3/c1-3-18(20-23-14(2)28-25-20)24-19(26)13-22-21(27)17-11-9-16(10-12-17)15-7-5-4-6-8-15/h4-12,18H,3,13H2,1-2H3,(H,22,27)(H,24,26)/t18-/m1/s1. The molecule has 0 saturated heterocycles. The molecule has 1 atom stereocenters. The predicted octanol–water partition coefficient (Wildman–Crippen LogP) is 3.04. The smallest absolute Gasteiger partial charge is 0.251 e. The van der Waals surface area contributed by atoms with E-state index < -0.39 is 0 Å². The lowest BCUT2D eigenvalue weighted by Gasteiger charge is -2.13. The minimum absolute atomic E-state index is 0.132. The Morgan fingerprint density at radius 2 is 1.71 bits per heavy atom. The van der Waals surface area contributed by atoms with Crippen molar-refractivity contribution in [3.05, 3.63) is 71.9 Å². The van der Waals surface area contributed by atoms with E-state index in [2.05, 4.69) is 20.8 Å². The third-order valence-electron chi connectivity index (χ3n) is 4.26. The summed E-state index contributed by atoms with van der Waals surface area (Å²) in [7, 11) is 0. The zero-order chi connectivity index (χ0) is 19.9. The van der Waals surface area contributed by atoms with Gasteiger partial charge in [-0.2, -0.15) is 4.98 Å². The third-order valence-corrected chi connectivity index (χ3v) is 4.26. The summed E-state index contributed by atoms with van der Waals surface area (Å²) in [6, 6.07) is 16.8. The number of aryl methyl sites for hydroxylation is 1. The second-order valence-electron chi connectivity index (χ2n) is 6.33. The van der Waals surface area contributed by atoms with Gasteiger partial charge in [0, 0.05) is 12.5 Å². The van der Waals surface area contributed by atoms with Gasteiger partial charge < -0.3 is 15.2 Å². The van der Waals surface area contributed by atoms with Crippen LogP contribution in [0.5, 0.6) is 0 Å². The van der Waals surface area contributed by atoms with Crippen LogP contribution < -0.4 is 10.6 Å². The van der Waals surface area contributed by atoms with E-state index in [1.807, 2.05) is 49.4 Å². The predicted molar refractivity (Wildman–Crippen MR) is 104 cm³/mol. The van der Waals surface area contributed by atoms with Gasteiger partial charge in [-0.05, 0) is 29.7 Å². The molecular weight excluding hydrogens is 356 g/mol. The van der Waals surface area contributed by atoms with Crippen molar-refractivity contribution in [2.24, 2.45) is 0 Å². The van der Waals surface area contributed by atoms with Gasteiger partial charge in [-0.25, -0.2) is 0 Å². The summed E-state index contributed by atoms with van der Waals surface area (Å²) >= 11 is 0. The van der Waals surface area contributed by atoms with Gasteiger partial charge in [-0.3, -0.25) is 9.59 Å². The van der Waals surface area contributed by atoms with E-state index >= 15 is 0 Å². The molecule has 2 amide bonds. The largest absolute Gasteiger partial charge is 0.344 e. The summed E-state index contributed by atoms with van der Waals surface area (Å²) in [4.78, 5) is 28.6. The van der Waals surface area contributed by atoms with Gasteiger partial charge in [-0.1, -0.05) is 54.5 Å². The van der Waals surface area contributed by atoms with Crippen LogP contribution in [-0.4, -0.2) is 28.5 Å². The van der Waals surface area contributed by atoms with Crippen molar-refractivity contribution in [3.8, 4) is 11.1 Å². The minimum Gasteiger partial charge on any atom is -0.344 e. The SMILES string of the molecule is CC[C@@H](NC(=O)CNC(=O)c1ccc(-c2ccccc2)cc1)c1noc(C)n1. The van der Waals surface area contributed by atoms with Gasteiger partial charge in [-0.15, -0.1) is 0 Å². The van der Waals surface area contributed by atoms with Gasteiger partial charge in [0.2, 0.25) is 11.8 Å². The highest BCUT2D eigenvalue weighted by Gasteiger charge is 2.18. The second kappa shape index (κ2) is 8.94. The lowest BCUT2D eigenvalue weighted by molar-refractivity contribution is -0.121. The lowest BCUT2D eigenvalue weighted by Crippen LogP contribution is -2.38. The molecule has 144 valence electrons. The molecule has 1 aromatic heterocycles. The van der Waals surface area contributed by atoms with Crippen LogP contribution in [-0.2, 0) is 4.79 Å². The van der Waals surface area contributed by atoms with Crippen molar-refractivity contribution < 1.29 is 14.1 Å². The zero-order valence-corrected chi connectivity index (χ0v) is 15.8. The molecule has 0 saturated carbocycles. The molecule has 3 aromatic rings. The maximum atomic E-state index is 12.3. The first kappa shape index (κ1) is 19.3. The number of hydrogen-bond donors (Lipinski definition) is 2. The molecule has 0 aliphatic heterocycles. The van der Waals surface area contributed by atoms with Crippen LogP contribution in [0, 0.1) is 6.92 Å². The van der Waals surface area contributed by atoms with E-state index in [0.29, 0.717) is 23.7 Å². The van der Waals surface area contributed by atoms with Crippen LogP contribution in [0.2, 0.25) is 0 Å². The molecule has 2 N–H and O–H groups in total. The fourth-order valence-electron chi connectivity index (χ4n) is 2.76. The topological polar surface area (TPSA) is 97.1 Å². The number of hydrogen-bond acceptors (Lipinski definition) is 5. The Labute approximate surface area is 163 Å². The Kier molecular flexibility index (Phi) is 6.16. The maximum absolute atomic E-state index is 12.3. The summed E-state index contributed by atoms with van der Waals surface area (Å²) in [6.45, 7) is 3.46. The Balaban J connectivity index is 1.54. The zero-order valence-electron chi connectivity index (χ0n) is 15.8. The number of amides is 2. The minimum atomic E-state index is -0.355. The van der Waals surface area contributed by atoms with E-state index in [1.165, 1.54) is 0 Å². The number of nitrogens with one attached hydrogen (secondary N) is 2. The first-order chi connectivity index (χ1) is 13.6. The van der Waals surface area contributed by atoms with Gasteiger partial charge >= 0.3 is 0 Å². The van der Waals surface area contributed by atoms with E-state index in [9.17, 15) is 9.59 Å². The normalized spacial score (nSPS) is 11.6. The van der Waals surface area contributed by atoms with Crippen molar-refractivity contribution in [1.82, 2.24) is 20.8 Å². The number of rotatable bonds is 7. The molecule has 0 bridgehead atoms. The summed E-state index contributed by atoms with van der Waals surface area (Å²) in [5.41, 5.74) is 2.60. The van der Waals surface area contributed by atoms with Crippen LogP contribution in [0.25, 0.3) is 11.1 Å². The Hall–Kier alpha value is -3.48. The van der Waals surface area contributed by atoms with Crippen molar-refractivity contribution in [2.75, 3.05) is 6.54 Å². The highest BCUT2D eigenvalue weighted by molar-refractivity contribution is 5.96. The molecule has 2 aromatic carbocycles. The van der Waals surface area contributed by atoms with E-state index in [1.54, 1.807) is 19.1 Å². The van der Waals surface area contributed by atoms with Crippen LogP contribution in [0.4, 0.5) is 0 Å². The molecule has 1 heterocycles. The van der Waals surface area contributed by atoms with Gasteiger partial charge in [0.1, 0.15) is 0 Å². The fourth-order valence-corrected chi connectivity index (χ4v) is 2.76. The summed E-state index contributed by atoms with van der Waals surface area (Å²) < 4.78 is 4.94. The average Bonchev–Trinajstić information content (AvgIpc) is 3.17. The highest BCUT2D eigenvalue weighted by atomic mass is 16.5. The number of carbonyl (C=O) groups excluding carboxylic acids is 2. The lowest BCUT2D eigenvalue weighted by atomic mass is 10.0. The van der Waals surface area contributed by atoms with Gasteiger partial charge in [0.25, 0.3) is 5.91 Å². The molecule has 0 aliphatic carbocycles. The molecule has 3 rings (SSSR count). The first-order valence-electron chi connectivity index (χ1n) is 9.10. The molecule has 0 spiro atoms. The highest BCUT2D eigenvalue weighted by Crippen LogP contribution is 2.19. The molecule has 0 aliphatic rings. The van der Waals surface area contributed by atoms with Gasteiger partial charge in [0.15, 0.2) is 5.82 Å². The Morgan fingerprint density at radius 1 is 1.04 bits per heavy atom. The Morgan fingerprint density at radius 3 is 2.32 bits per heavy atom.